The number of nitrogens with one attached hydrogen (secondary N) is 1. The molecular formula is C10H11BrClNO2. The monoisotopic (exact) mass is 291 g/mol. The van der Waals surface area contributed by atoms with Gasteiger partial charge in [0, 0.05) is 5.02 Å². The molecule has 82 valence electrons. The van der Waals surface area contributed by atoms with Gasteiger partial charge in [0.05, 0.1) is 17.6 Å². The number of carbonyl (C=O) groups excluding carboxylic acids is 1. The molecule has 1 atom stereocenters. The first kappa shape index (κ1) is 12.3. The molecule has 1 amide bonds. The van der Waals surface area contributed by atoms with Crippen molar-refractivity contribution in [1.29, 1.82) is 0 Å². The third-order valence-electron chi connectivity index (χ3n) is 1.78. The molecule has 1 N–H and O–H groups in total. The minimum absolute atomic E-state index is 0.143. The molecule has 0 spiro atoms. The summed E-state index contributed by atoms with van der Waals surface area (Å²) < 4.78 is 5.09. The Morgan fingerprint density at radius 1 is 1.60 bits per heavy atom. The highest BCUT2D eigenvalue weighted by Crippen LogP contribution is 2.27. The fourth-order valence-corrected chi connectivity index (χ4v) is 1.30. The smallest absolute Gasteiger partial charge is 0.237 e. The number of benzene rings is 1. The number of halogens is 2. The van der Waals surface area contributed by atoms with Crippen molar-refractivity contribution in [2.75, 3.05) is 12.4 Å². The van der Waals surface area contributed by atoms with Crippen LogP contribution >= 0.6 is 27.5 Å². The van der Waals surface area contributed by atoms with Gasteiger partial charge in [0.15, 0.2) is 0 Å². The summed E-state index contributed by atoms with van der Waals surface area (Å²) in [4.78, 5) is 11.2. The quantitative estimate of drug-likeness (QED) is 0.870. The molecule has 0 unspecified atom stereocenters. The largest absolute Gasteiger partial charge is 0.495 e. The molecular weight excluding hydrogens is 281 g/mol. The lowest BCUT2D eigenvalue weighted by Gasteiger charge is -2.11. The average molecular weight is 293 g/mol. The Kier molecular flexibility index (Phi) is 4.42. The third kappa shape index (κ3) is 3.39. The van der Waals surface area contributed by atoms with Crippen LogP contribution in [0.5, 0.6) is 5.75 Å². The first-order valence-electron chi connectivity index (χ1n) is 4.33. The molecule has 0 heterocycles. The zero-order valence-corrected chi connectivity index (χ0v) is 10.7. The van der Waals surface area contributed by atoms with Crippen LogP contribution in [-0.2, 0) is 4.79 Å². The van der Waals surface area contributed by atoms with Gasteiger partial charge in [0.2, 0.25) is 5.91 Å². The van der Waals surface area contributed by atoms with Gasteiger partial charge in [-0.3, -0.25) is 4.79 Å². The Balaban J connectivity index is 2.92. The van der Waals surface area contributed by atoms with Crippen molar-refractivity contribution in [3.05, 3.63) is 23.2 Å². The average Bonchev–Trinajstić information content (AvgIpc) is 2.18. The Bertz CT molecular complexity index is 368. The SMILES string of the molecule is COc1ccc(Cl)cc1NC(=O)[C@@H](C)Br. The number of alkyl halides is 1. The van der Waals surface area contributed by atoms with Crippen LogP contribution in [0.2, 0.25) is 5.02 Å². The summed E-state index contributed by atoms with van der Waals surface area (Å²) in [6.07, 6.45) is 0. The Labute approximate surface area is 102 Å². The minimum Gasteiger partial charge on any atom is -0.495 e. The highest BCUT2D eigenvalue weighted by molar-refractivity contribution is 9.10. The molecule has 0 bridgehead atoms. The van der Waals surface area contributed by atoms with E-state index >= 15 is 0 Å². The summed E-state index contributed by atoms with van der Waals surface area (Å²) >= 11 is 8.99. The Morgan fingerprint density at radius 2 is 2.27 bits per heavy atom. The molecule has 15 heavy (non-hydrogen) atoms. The van der Waals surface area contributed by atoms with Crippen LogP contribution in [0.25, 0.3) is 0 Å². The van der Waals surface area contributed by atoms with Crippen LogP contribution in [0.4, 0.5) is 5.69 Å². The molecule has 0 aliphatic carbocycles. The molecule has 0 aromatic heterocycles. The molecule has 1 aromatic rings. The van der Waals surface area contributed by atoms with Gasteiger partial charge in [-0.15, -0.1) is 0 Å². The van der Waals surface area contributed by atoms with Crippen LogP contribution in [-0.4, -0.2) is 17.8 Å². The van der Waals surface area contributed by atoms with Gasteiger partial charge in [-0.25, -0.2) is 0 Å². The molecule has 5 heteroatoms. The highest BCUT2D eigenvalue weighted by Gasteiger charge is 2.11. The second kappa shape index (κ2) is 5.37. The number of hydrogen-bond donors (Lipinski definition) is 1. The number of carbonyl (C=O) groups is 1. The molecule has 0 fully saturated rings. The summed E-state index contributed by atoms with van der Waals surface area (Å²) in [6.45, 7) is 1.74. The predicted octanol–water partition coefficient (Wildman–Crippen LogP) is 3.07. The number of hydrogen-bond acceptors (Lipinski definition) is 2. The van der Waals surface area contributed by atoms with Crippen molar-refractivity contribution >= 4 is 39.1 Å². The maximum absolute atomic E-state index is 11.4. The van der Waals surface area contributed by atoms with Crippen LogP contribution in [0.1, 0.15) is 6.92 Å². The van der Waals surface area contributed by atoms with Crippen LogP contribution in [0.15, 0.2) is 18.2 Å². The standard InChI is InChI=1S/C10H11BrClNO2/c1-6(11)10(14)13-8-5-7(12)3-4-9(8)15-2/h3-6H,1-2H3,(H,13,14)/t6-/m1/s1. The number of anilines is 1. The lowest BCUT2D eigenvalue weighted by molar-refractivity contribution is -0.115. The number of amides is 1. The number of rotatable bonds is 3. The van der Waals surface area contributed by atoms with E-state index in [4.69, 9.17) is 16.3 Å². The Hall–Kier alpha value is -0.740. The topological polar surface area (TPSA) is 38.3 Å². The molecule has 3 nitrogen and oxygen atoms in total. The van der Waals surface area contributed by atoms with Gasteiger partial charge in [-0.2, -0.15) is 0 Å². The van der Waals surface area contributed by atoms with E-state index < -0.39 is 0 Å². The maximum Gasteiger partial charge on any atom is 0.237 e. The first-order chi connectivity index (χ1) is 7.04. The van der Waals surface area contributed by atoms with Crippen molar-refractivity contribution < 1.29 is 9.53 Å². The summed E-state index contributed by atoms with van der Waals surface area (Å²) in [5.74, 6) is 0.441. The molecule has 0 aliphatic heterocycles. The van der Waals surface area contributed by atoms with E-state index in [0.29, 0.717) is 16.5 Å². The van der Waals surface area contributed by atoms with Crippen molar-refractivity contribution in [3.8, 4) is 5.75 Å². The lowest BCUT2D eigenvalue weighted by atomic mass is 10.3. The van der Waals surface area contributed by atoms with Crippen LogP contribution in [0, 0.1) is 0 Å². The van der Waals surface area contributed by atoms with Crippen LogP contribution < -0.4 is 10.1 Å². The fraction of sp³-hybridized carbons (Fsp3) is 0.300. The lowest BCUT2D eigenvalue weighted by Crippen LogP contribution is -2.20. The summed E-state index contributed by atoms with van der Waals surface area (Å²) in [5, 5.41) is 3.26. The molecule has 0 saturated heterocycles. The summed E-state index contributed by atoms with van der Waals surface area (Å²) in [7, 11) is 1.54. The van der Waals surface area contributed by atoms with Crippen molar-refractivity contribution in [2.45, 2.75) is 11.8 Å². The fourth-order valence-electron chi connectivity index (χ4n) is 1.01. The van der Waals surface area contributed by atoms with Gasteiger partial charge in [0.25, 0.3) is 0 Å². The zero-order valence-electron chi connectivity index (χ0n) is 8.38. The summed E-state index contributed by atoms with van der Waals surface area (Å²) in [5.41, 5.74) is 0.571. The van der Waals surface area contributed by atoms with Gasteiger partial charge in [-0.05, 0) is 25.1 Å². The zero-order chi connectivity index (χ0) is 11.4. The molecule has 0 aliphatic rings. The van der Waals surface area contributed by atoms with Gasteiger partial charge >= 0.3 is 0 Å². The third-order valence-corrected chi connectivity index (χ3v) is 2.43. The number of ether oxygens (including phenoxy) is 1. The first-order valence-corrected chi connectivity index (χ1v) is 5.62. The van der Waals surface area contributed by atoms with E-state index in [2.05, 4.69) is 21.2 Å². The van der Waals surface area contributed by atoms with Crippen molar-refractivity contribution in [1.82, 2.24) is 0 Å². The minimum atomic E-state index is -0.263. The molecule has 0 radical (unpaired) electrons. The van der Waals surface area contributed by atoms with Gasteiger partial charge in [0.1, 0.15) is 5.75 Å². The van der Waals surface area contributed by atoms with E-state index in [-0.39, 0.29) is 10.7 Å². The van der Waals surface area contributed by atoms with Gasteiger partial charge in [-0.1, -0.05) is 27.5 Å². The van der Waals surface area contributed by atoms with Crippen molar-refractivity contribution in [3.63, 3.8) is 0 Å². The van der Waals surface area contributed by atoms with Gasteiger partial charge < -0.3 is 10.1 Å². The van der Waals surface area contributed by atoms with Crippen molar-refractivity contribution in [2.24, 2.45) is 0 Å². The normalized spacial score (nSPS) is 12.0. The second-order valence-corrected chi connectivity index (χ2v) is 4.76. The maximum atomic E-state index is 11.4. The van der Waals surface area contributed by atoms with E-state index in [0.717, 1.165) is 0 Å². The number of methoxy groups -OCH3 is 1. The molecule has 1 rings (SSSR count). The van der Waals surface area contributed by atoms with E-state index in [1.165, 1.54) is 7.11 Å². The predicted molar refractivity (Wildman–Crippen MR) is 65.0 cm³/mol. The highest BCUT2D eigenvalue weighted by atomic mass is 79.9. The van der Waals surface area contributed by atoms with E-state index in [9.17, 15) is 4.79 Å². The Morgan fingerprint density at radius 3 is 2.80 bits per heavy atom. The second-order valence-electron chi connectivity index (χ2n) is 2.95. The van der Waals surface area contributed by atoms with E-state index in [1.54, 1.807) is 25.1 Å². The van der Waals surface area contributed by atoms with Crippen LogP contribution in [0.3, 0.4) is 0 Å². The summed E-state index contributed by atoms with van der Waals surface area (Å²) in [6, 6.07) is 5.05. The molecule has 0 saturated carbocycles. The van der Waals surface area contributed by atoms with E-state index in [1.807, 2.05) is 0 Å². The molecule has 1 aromatic carbocycles.